The molecule has 0 heterocycles. The molecule has 0 aliphatic rings. The van der Waals surface area contributed by atoms with E-state index in [0.29, 0.717) is 27.6 Å². The molecule has 0 aromatic heterocycles. The first-order valence-corrected chi connectivity index (χ1v) is 10.5. The van der Waals surface area contributed by atoms with Crippen molar-refractivity contribution in [2.75, 3.05) is 0 Å². The van der Waals surface area contributed by atoms with E-state index in [-0.39, 0.29) is 10.8 Å². The fourth-order valence-corrected chi connectivity index (χ4v) is 4.53. The third-order valence-corrected chi connectivity index (χ3v) is 6.35. The third-order valence-electron chi connectivity index (χ3n) is 4.28. The molecule has 2 atom stereocenters. The lowest BCUT2D eigenvalue weighted by atomic mass is 10.00. The Morgan fingerprint density at radius 1 is 1.15 bits per heavy atom. The zero-order valence-electron chi connectivity index (χ0n) is 14.7. The fraction of sp³-hybridized carbons (Fsp3) is 0.278. The molecule has 0 unspecified atom stereocenters. The number of rotatable bonds is 7. The molecule has 9 heteroatoms. The Labute approximate surface area is 168 Å². The molecule has 146 valence electrons. The number of amides is 1. The lowest BCUT2D eigenvalue weighted by Gasteiger charge is -2.22. The largest absolute Gasteiger partial charge is 0.289 e. The normalized spacial score (nSPS) is 13.8. The summed E-state index contributed by atoms with van der Waals surface area (Å²) in [7, 11) is -4.03. The maximum Gasteiger partial charge on any atom is 0.261 e. The maximum atomic E-state index is 12.8. The number of halogens is 2. The van der Waals surface area contributed by atoms with Crippen molar-refractivity contribution in [3.8, 4) is 11.1 Å². The van der Waals surface area contributed by atoms with Crippen LogP contribution in [0.1, 0.15) is 20.3 Å². The topological polar surface area (TPSA) is 95.5 Å². The summed E-state index contributed by atoms with van der Waals surface area (Å²) in [5, 5.41) is 9.69. The Kier molecular flexibility index (Phi) is 7.25. The van der Waals surface area contributed by atoms with Crippen molar-refractivity contribution < 1.29 is 18.4 Å². The van der Waals surface area contributed by atoms with Crippen molar-refractivity contribution in [3.05, 3.63) is 52.5 Å². The van der Waals surface area contributed by atoms with Crippen LogP contribution in [0.3, 0.4) is 0 Å². The summed E-state index contributed by atoms with van der Waals surface area (Å²) >= 11 is 12.4. The summed E-state index contributed by atoms with van der Waals surface area (Å²) in [6.45, 7) is 3.53. The fourth-order valence-electron chi connectivity index (χ4n) is 2.56. The van der Waals surface area contributed by atoms with Crippen molar-refractivity contribution >= 4 is 39.1 Å². The van der Waals surface area contributed by atoms with Crippen LogP contribution in [0.2, 0.25) is 10.0 Å². The van der Waals surface area contributed by atoms with E-state index < -0.39 is 22.0 Å². The minimum Gasteiger partial charge on any atom is -0.289 e. The van der Waals surface area contributed by atoms with Gasteiger partial charge in [0.25, 0.3) is 5.91 Å². The highest BCUT2D eigenvalue weighted by atomic mass is 35.5. The Balaban J connectivity index is 2.44. The number of carbonyl (C=O) groups excluding carboxylic acids is 1. The van der Waals surface area contributed by atoms with E-state index in [1.54, 1.807) is 37.3 Å². The van der Waals surface area contributed by atoms with E-state index in [9.17, 15) is 13.2 Å². The van der Waals surface area contributed by atoms with Crippen LogP contribution in [-0.4, -0.2) is 25.6 Å². The van der Waals surface area contributed by atoms with Crippen LogP contribution in [-0.2, 0) is 14.8 Å². The smallest absolute Gasteiger partial charge is 0.261 e. The van der Waals surface area contributed by atoms with Crippen LogP contribution >= 0.6 is 23.2 Å². The van der Waals surface area contributed by atoms with Crippen LogP contribution < -0.4 is 10.2 Å². The van der Waals surface area contributed by atoms with Crippen molar-refractivity contribution in [1.82, 2.24) is 10.2 Å². The zero-order chi connectivity index (χ0) is 20.2. The van der Waals surface area contributed by atoms with E-state index in [1.165, 1.54) is 17.6 Å². The number of hydrogen-bond donors (Lipinski definition) is 3. The Morgan fingerprint density at radius 3 is 2.30 bits per heavy atom. The monoisotopic (exact) mass is 430 g/mol. The Hall–Kier alpha value is -1.64. The quantitative estimate of drug-likeness (QED) is 0.458. The van der Waals surface area contributed by atoms with Gasteiger partial charge in [0.15, 0.2) is 0 Å². The van der Waals surface area contributed by atoms with Gasteiger partial charge >= 0.3 is 0 Å². The predicted molar refractivity (Wildman–Crippen MR) is 105 cm³/mol. The number of benzene rings is 2. The minimum atomic E-state index is -4.03. The minimum absolute atomic E-state index is 0.0463. The van der Waals surface area contributed by atoms with E-state index in [4.69, 9.17) is 28.4 Å². The highest BCUT2D eigenvalue weighted by Crippen LogP contribution is 2.35. The molecule has 2 aromatic carbocycles. The van der Waals surface area contributed by atoms with Crippen molar-refractivity contribution in [2.45, 2.75) is 31.2 Å². The summed E-state index contributed by atoms with van der Waals surface area (Å²) in [5.41, 5.74) is 2.55. The van der Waals surface area contributed by atoms with Crippen LogP contribution in [0.5, 0.6) is 0 Å². The summed E-state index contributed by atoms with van der Waals surface area (Å²) in [5.74, 6) is -1.15. The second-order valence-corrected chi connectivity index (χ2v) is 8.61. The standard InChI is InChI=1S/C18H20Cl2N2O4S/c1-3-11(2)17(18(23)21-24)22-27(25,26)13-7-4-6-12(10-13)16-14(19)8-5-9-15(16)20/h4-11,17,22,24H,3H2,1-2H3,(H,21,23)/t11-,17-/m0/s1. The first kappa shape index (κ1) is 21.7. The van der Waals surface area contributed by atoms with Crippen LogP contribution in [0, 0.1) is 5.92 Å². The van der Waals surface area contributed by atoms with Gasteiger partial charge in [-0.1, -0.05) is 61.7 Å². The Bertz CT molecular complexity index is 914. The van der Waals surface area contributed by atoms with Crippen molar-refractivity contribution in [2.24, 2.45) is 5.92 Å². The van der Waals surface area contributed by atoms with E-state index in [0.717, 1.165) is 0 Å². The molecule has 6 nitrogen and oxygen atoms in total. The van der Waals surface area contributed by atoms with E-state index in [2.05, 4.69) is 4.72 Å². The number of hydroxylamine groups is 1. The maximum absolute atomic E-state index is 12.8. The van der Waals surface area contributed by atoms with Crippen LogP contribution in [0.15, 0.2) is 47.4 Å². The summed E-state index contributed by atoms with van der Waals surface area (Å²) < 4.78 is 27.9. The molecule has 0 saturated heterocycles. The lowest BCUT2D eigenvalue weighted by Crippen LogP contribution is -2.49. The van der Waals surface area contributed by atoms with Gasteiger partial charge in [-0.15, -0.1) is 0 Å². The van der Waals surface area contributed by atoms with Crippen LogP contribution in [0.25, 0.3) is 11.1 Å². The molecule has 0 aliphatic heterocycles. The van der Waals surface area contributed by atoms with Gasteiger partial charge in [-0.3, -0.25) is 10.0 Å². The lowest BCUT2D eigenvalue weighted by molar-refractivity contribution is -0.132. The molecule has 0 spiro atoms. The van der Waals surface area contributed by atoms with E-state index in [1.807, 2.05) is 6.92 Å². The Morgan fingerprint density at radius 2 is 1.74 bits per heavy atom. The summed E-state index contributed by atoms with van der Waals surface area (Å²) in [6.07, 6.45) is 0.538. The molecular formula is C18H20Cl2N2O4S. The molecule has 0 fully saturated rings. The average Bonchev–Trinajstić information content (AvgIpc) is 2.65. The van der Waals surface area contributed by atoms with Crippen molar-refractivity contribution in [3.63, 3.8) is 0 Å². The molecule has 0 radical (unpaired) electrons. The first-order valence-electron chi connectivity index (χ1n) is 8.22. The molecule has 2 aromatic rings. The molecular weight excluding hydrogens is 411 g/mol. The highest BCUT2D eigenvalue weighted by molar-refractivity contribution is 7.89. The van der Waals surface area contributed by atoms with Gasteiger partial charge in [0, 0.05) is 15.6 Å². The molecule has 1 amide bonds. The van der Waals surface area contributed by atoms with Gasteiger partial charge in [0.2, 0.25) is 10.0 Å². The molecule has 27 heavy (non-hydrogen) atoms. The molecule has 0 bridgehead atoms. The first-order chi connectivity index (χ1) is 12.7. The van der Waals surface area contributed by atoms with Gasteiger partial charge in [-0.2, -0.15) is 4.72 Å². The van der Waals surface area contributed by atoms with Gasteiger partial charge in [-0.25, -0.2) is 13.9 Å². The van der Waals surface area contributed by atoms with Crippen molar-refractivity contribution in [1.29, 1.82) is 0 Å². The second-order valence-electron chi connectivity index (χ2n) is 6.09. The van der Waals surface area contributed by atoms with Gasteiger partial charge in [-0.05, 0) is 35.7 Å². The number of carbonyl (C=O) groups is 1. The summed E-state index contributed by atoms with van der Waals surface area (Å²) in [6, 6.07) is 9.99. The van der Waals surface area contributed by atoms with Gasteiger partial charge < -0.3 is 0 Å². The number of sulfonamides is 1. The zero-order valence-corrected chi connectivity index (χ0v) is 17.1. The molecule has 0 saturated carbocycles. The van der Waals surface area contributed by atoms with Gasteiger partial charge in [0.05, 0.1) is 4.90 Å². The highest BCUT2D eigenvalue weighted by Gasteiger charge is 2.29. The SMILES string of the molecule is CC[C@H](C)[C@H](NS(=O)(=O)c1cccc(-c2c(Cl)cccc2Cl)c1)C(=O)NO. The third kappa shape index (κ3) is 5.00. The summed E-state index contributed by atoms with van der Waals surface area (Å²) in [4.78, 5) is 11.8. The molecule has 2 rings (SSSR count). The van der Waals surface area contributed by atoms with Gasteiger partial charge in [0.1, 0.15) is 6.04 Å². The molecule has 0 aliphatic carbocycles. The van der Waals surface area contributed by atoms with E-state index >= 15 is 0 Å². The second kappa shape index (κ2) is 9.03. The number of nitrogens with one attached hydrogen (secondary N) is 2. The number of hydrogen-bond acceptors (Lipinski definition) is 4. The van der Waals surface area contributed by atoms with Crippen LogP contribution in [0.4, 0.5) is 0 Å². The average molecular weight is 431 g/mol. The predicted octanol–water partition coefficient (Wildman–Crippen LogP) is 3.86. The molecule has 3 N–H and O–H groups in total.